The van der Waals surface area contributed by atoms with E-state index in [0.717, 1.165) is 16.6 Å². The second kappa shape index (κ2) is 7.99. The van der Waals surface area contributed by atoms with E-state index >= 15 is 0 Å². The van der Waals surface area contributed by atoms with Crippen LogP contribution in [0.1, 0.15) is 18.5 Å². The molecule has 5 aromatic rings. The van der Waals surface area contributed by atoms with E-state index in [1.807, 2.05) is 59.2 Å². The first-order valence-electron chi connectivity index (χ1n) is 10.1. The van der Waals surface area contributed by atoms with E-state index in [2.05, 4.69) is 34.3 Å². The monoisotopic (exact) mass is 409 g/mol. The van der Waals surface area contributed by atoms with Crippen LogP contribution in [0.15, 0.2) is 91.3 Å². The normalized spacial score (nSPS) is 12.1. The van der Waals surface area contributed by atoms with Crippen LogP contribution in [-0.4, -0.2) is 19.5 Å². The molecule has 152 valence electrons. The van der Waals surface area contributed by atoms with Gasteiger partial charge in [0.25, 0.3) is 0 Å². The molecule has 1 atom stereocenters. The van der Waals surface area contributed by atoms with Crippen LogP contribution in [0, 0.1) is 5.82 Å². The minimum absolute atomic E-state index is 0.00339. The quantitative estimate of drug-likeness (QED) is 0.399. The molecule has 1 unspecified atom stereocenters. The minimum Gasteiger partial charge on any atom is -0.348 e. The standard InChI is InChI=1S/C25H20FN5/c1-17(18-8-3-2-4-9-18)28-25-29-22(19-10-7-11-20(26)14-19)15-24(30-25)31-16-27-21-12-5-6-13-23(21)31/h2-17H,1H3,(H,28,29,30). The summed E-state index contributed by atoms with van der Waals surface area (Å²) in [6, 6.07) is 26.2. The number of hydrogen-bond donors (Lipinski definition) is 1. The predicted octanol–water partition coefficient (Wildman–Crippen LogP) is 5.79. The SMILES string of the molecule is CC(Nc1nc(-c2cccc(F)c2)cc(-n2cnc3ccccc32)n1)c1ccccc1. The maximum absolute atomic E-state index is 13.9. The molecule has 3 aromatic carbocycles. The summed E-state index contributed by atoms with van der Waals surface area (Å²) in [5.41, 5.74) is 4.25. The lowest BCUT2D eigenvalue weighted by atomic mass is 10.1. The Balaban J connectivity index is 1.62. The molecule has 5 nitrogen and oxygen atoms in total. The van der Waals surface area contributed by atoms with Gasteiger partial charge in [0.15, 0.2) is 0 Å². The lowest BCUT2D eigenvalue weighted by Crippen LogP contribution is -2.11. The zero-order valence-electron chi connectivity index (χ0n) is 16.9. The van der Waals surface area contributed by atoms with Gasteiger partial charge < -0.3 is 5.32 Å². The molecule has 0 fully saturated rings. The topological polar surface area (TPSA) is 55.6 Å². The average Bonchev–Trinajstić information content (AvgIpc) is 3.24. The summed E-state index contributed by atoms with van der Waals surface area (Å²) >= 11 is 0. The van der Waals surface area contributed by atoms with Gasteiger partial charge in [-0.1, -0.05) is 54.6 Å². The molecule has 0 spiro atoms. The third-order valence-electron chi connectivity index (χ3n) is 5.18. The number of aromatic nitrogens is 4. The molecular weight excluding hydrogens is 389 g/mol. The second-order valence-electron chi connectivity index (χ2n) is 7.33. The predicted molar refractivity (Wildman–Crippen MR) is 121 cm³/mol. The van der Waals surface area contributed by atoms with Crippen LogP contribution in [0.25, 0.3) is 28.1 Å². The van der Waals surface area contributed by atoms with Gasteiger partial charge in [0.1, 0.15) is 18.0 Å². The number of anilines is 1. The summed E-state index contributed by atoms with van der Waals surface area (Å²) < 4.78 is 15.8. The summed E-state index contributed by atoms with van der Waals surface area (Å²) in [4.78, 5) is 13.9. The molecule has 0 amide bonds. The largest absolute Gasteiger partial charge is 0.348 e. The van der Waals surface area contributed by atoms with Crippen molar-refractivity contribution in [2.45, 2.75) is 13.0 Å². The van der Waals surface area contributed by atoms with Gasteiger partial charge in [-0.05, 0) is 36.8 Å². The summed E-state index contributed by atoms with van der Waals surface area (Å²) in [6.45, 7) is 2.06. The Morgan fingerprint density at radius 3 is 2.52 bits per heavy atom. The number of nitrogens with one attached hydrogen (secondary N) is 1. The third-order valence-corrected chi connectivity index (χ3v) is 5.18. The molecule has 1 N–H and O–H groups in total. The van der Waals surface area contributed by atoms with Crippen molar-refractivity contribution in [3.05, 3.63) is 103 Å². The minimum atomic E-state index is -0.307. The molecule has 0 saturated carbocycles. The number of imidazole rings is 1. The summed E-state index contributed by atoms with van der Waals surface area (Å²) in [5, 5.41) is 3.38. The second-order valence-corrected chi connectivity index (χ2v) is 7.33. The summed E-state index contributed by atoms with van der Waals surface area (Å²) in [5.74, 6) is 0.814. The highest BCUT2D eigenvalue weighted by Crippen LogP contribution is 2.25. The first-order valence-corrected chi connectivity index (χ1v) is 10.1. The summed E-state index contributed by atoms with van der Waals surface area (Å²) in [7, 11) is 0. The molecule has 0 bridgehead atoms. The molecule has 6 heteroatoms. The molecule has 0 aliphatic carbocycles. The highest BCUT2D eigenvalue weighted by Gasteiger charge is 2.13. The van der Waals surface area contributed by atoms with E-state index in [1.165, 1.54) is 12.1 Å². The zero-order chi connectivity index (χ0) is 21.2. The van der Waals surface area contributed by atoms with Crippen molar-refractivity contribution in [2.75, 3.05) is 5.32 Å². The van der Waals surface area contributed by atoms with Crippen molar-refractivity contribution in [3.8, 4) is 17.1 Å². The Morgan fingerprint density at radius 1 is 0.871 bits per heavy atom. The Labute approximate surface area is 179 Å². The van der Waals surface area contributed by atoms with Crippen LogP contribution < -0.4 is 5.32 Å². The number of fused-ring (bicyclic) bond motifs is 1. The van der Waals surface area contributed by atoms with E-state index in [-0.39, 0.29) is 11.9 Å². The van der Waals surface area contributed by atoms with Crippen LogP contribution in [0.4, 0.5) is 10.3 Å². The number of halogens is 1. The van der Waals surface area contributed by atoms with Crippen LogP contribution >= 0.6 is 0 Å². The maximum Gasteiger partial charge on any atom is 0.225 e. The fraction of sp³-hybridized carbons (Fsp3) is 0.0800. The van der Waals surface area contributed by atoms with Gasteiger partial charge in [0.05, 0.1) is 22.8 Å². The zero-order valence-corrected chi connectivity index (χ0v) is 16.9. The van der Waals surface area contributed by atoms with Crippen molar-refractivity contribution in [1.29, 1.82) is 0 Å². The highest BCUT2D eigenvalue weighted by atomic mass is 19.1. The van der Waals surface area contributed by atoms with Gasteiger partial charge >= 0.3 is 0 Å². The Morgan fingerprint density at radius 2 is 1.68 bits per heavy atom. The van der Waals surface area contributed by atoms with E-state index in [9.17, 15) is 4.39 Å². The van der Waals surface area contributed by atoms with Crippen LogP contribution in [0.5, 0.6) is 0 Å². The van der Waals surface area contributed by atoms with Gasteiger partial charge in [0.2, 0.25) is 5.95 Å². The number of rotatable bonds is 5. The number of benzene rings is 3. The van der Waals surface area contributed by atoms with Gasteiger partial charge in [-0.3, -0.25) is 4.57 Å². The molecule has 31 heavy (non-hydrogen) atoms. The van der Waals surface area contributed by atoms with Crippen molar-refractivity contribution < 1.29 is 4.39 Å². The van der Waals surface area contributed by atoms with Gasteiger partial charge in [-0.15, -0.1) is 0 Å². The van der Waals surface area contributed by atoms with Crippen LogP contribution in [0.2, 0.25) is 0 Å². The third kappa shape index (κ3) is 3.88. The van der Waals surface area contributed by atoms with Crippen molar-refractivity contribution >= 4 is 17.0 Å². The number of para-hydroxylation sites is 2. The fourth-order valence-electron chi connectivity index (χ4n) is 3.58. The fourth-order valence-corrected chi connectivity index (χ4v) is 3.58. The Bertz CT molecular complexity index is 1350. The van der Waals surface area contributed by atoms with Crippen molar-refractivity contribution in [2.24, 2.45) is 0 Å². The van der Waals surface area contributed by atoms with E-state index in [4.69, 9.17) is 4.98 Å². The van der Waals surface area contributed by atoms with Crippen LogP contribution in [0.3, 0.4) is 0 Å². The first-order chi connectivity index (χ1) is 15.2. The van der Waals surface area contributed by atoms with Gasteiger partial charge in [-0.2, -0.15) is 4.98 Å². The average molecular weight is 409 g/mol. The summed E-state index contributed by atoms with van der Waals surface area (Å²) in [6.07, 6.45) is 1.74. The van der Waals surface area contributed by atoms with Gasteiger partial charge in [-0.25, -0.2) is 14.4 Å². The molecule has 5 rings (SSSR count). The van der Waals surface area contributed by atoms with Gasteiger partial charge in [0, 0.05) is 11.6 Å². The Hall–Kier alpha value is -4.06. The van der Waals surface area contributed by atoms with Crippen LogP contribution in [-0.2, 0) is 0 Å². The van der Waals surface area contributed by atoms with Crippen molar-refractivity contribution in [1.82, 2.24) is 19.5 Å². The molecule has 2 heterocycles. The first kappa shape index (κ1) is 18.9. The lowest BCUT2D eigenvalue weighted by Gasteiger charge is -2.16. The number of hydrogen-bond acceptors (Lipinski definition) is 4. The smallest absolute Gasteiger partial charge is 0.225 e. The molecule has 0 saturated heterocycles. The van der Waals surface area contributed by atoms with Crippen molar-refractivity contribution in [3.63, 3.8) is 0 Å². The highest BCUT2D eigenvalue weighted by molar-refractivity contribution is 5.77. The van der Waals surface area contributed by atoms with E-state index < -0.39 is 0 Å². The van der Waals surface area contributed by atoms with E-state index in [0.29, 0.717) is 23.0 Å². The lowest BCUT2D eigenvalue weighted by molar-refractivity contribution is 0.628. The maximum atomic E-state index is 13.9. The molecule has 0 aliphatic rings. The molecule has 0 aliphatic heterocycles. The number of nitrogens with zero attached hydrogens (tertiary/aromatic N) is 4. The van der Waals surface area contributed by atoms with E-state index in [1.54, 1.807) is 12.4 Å². The Kier molecular flexibility index (Phi) is 4.88. The molecular formula is C25H20FN5. The molecule has 2 aromatic heterocycles. The molecule has 0 radical (unpaired) electrons.